The first-order chi connectivity index (χ1) is 10.4. The van der Waals surface area contributed by atoms with Crippen molar-refractivity contribution in [3.8, 4) is 0 Å². The second-order valence-electron chi connectivity index (χ2n) is 3.45. The molecule has 0 bridgehead atoms. The van der Waals surface area contributed by atoms with Gasteiger partial charge in [0, 0.05) is 29.1 Å². The second-order valence-corrected chi connectivity index (χ2v) is 3.45. The fourth-order valence-corrected chi connectivity index (χ4v) is 1.49. The maximum Gasteiger partial charge on any atom is 0.0131 e. The van der Waals surface area contributed by atoms with Crippen molar-refractivity contribution in [3.63, 3.8) is 0 Å². The van der Waals surface area contributed by atoms with Crippen molar-refractivity contribution >= 4 is 0 Å². The third-order valence-electron chi connectivity index (χ3n) is 2.29. The summed E-state index contributed by atoms with van der Waals surface area (Å²) in [6.45, 7) is 17.6. The predicted molar refractivity (Wildman–Crippen MR) is 75.8 cm³/mol. The van der Waals surface area contributed by atoms with E-state index in [0.29, 0.717) is 0 Å². The van der Waals surface area contributed by atoms with Gasteiger partial charge >= 0.3 is 33.9 Å². The van der Waals surface area contributed by atoms with Gasteiger partial charge in [-0.05, 0) is 18.1 Å². The van der Waals surface area contributed by atoms with Gasteiger partial charge in [-0.15, -0.1) is 0 Å². The Morgan fingerprint density at radius 1 is 0.727 bits per heavy atom. The van der Waals surface area contributed by atoms with E-state index >= 15 is 0 Å². The summed E-state index contributed by atoms with van der Waals surface area (Å²) >= 11 is 0. The molecule has 0 fully saturated rings. The zero-order chi connectivity index (χ0) is 16.5. The van der Waals surface area contributed by atoms with Crippen molar-refractivity contribution in [3.05, 3.63) is 111 Å². The van der Waals surface area contributed by atoms with E-state index in [1.165, 1.54) is 11.1 Å². The van der Waals surface area contributed by atoms with Crippen LogP contribution in [-0.2, 0) is 30.7 Å². The van der Waals surface area contributed by atoms with Crippen molar-refractivity contribution < 1.29 is 30.7 Å². The van der Waals surface area contributed by atoms with Crippen molar-refractivity contribution in [1.82, 2.24) is 0 Å². The summed E-state index contributed by atoms with van der Waals surface area (Å²) in [5.41, 5.74) is 2.35. The Hall–Kier alpha value is -1.83. The molecule has 0 aliphatic heterocycles. The van der Waals surface area contributed by atoms with Gasteiger partial charge in [0.2, 0.25) is 0 Å². The van der Waals surface area contributed by atoms with E-state index in [-0.39, 0.29) is 16.8 Å². The molecule has 112 valence electrons. The Morgan fingerprint density at radius 2 is 1.09 bits per heavy atom. The average Bonchev–Trinajstić information content (AvgIpc) is 2.62. The summed E-state index contributed by atoms with van der Waals surface area (Å²) < 4.78 is 22.5. The summed E-state index contributed by atoms with van der Waals surface area (Å²) in [6, 6.07) is 20.4. The van der Waals surface area contributed by atoms with E-state index in [9.17, 15) is 0 Å². The van der Waals surface area contributed by atoms with Crippen molar-refractivity contribution in [2.75, 3.05) is 0 Å². The minimum atomic E-state index is 0. The van der Waals surface area contributed by atoms with Gasteiger partial charge in [0.25, 0.3) is 0 Å². The van der Waals surface area contributed by atoms with Crippen LogP contribution < -0.4 is 0 Å². The molecule has 0 aliphatic carbocycles. The molecule has 0 spiro atoms. The van der Waals surface area contributed by atoms with Crippen LogP contribution in [0.2, 0.25) is 0 Å². The van der Waals surface area contributed by atoms with Crippen LogP contribution in [0.1, 0.15) is 11.1 Å². The van der Waals surface area contributed by atoms with Crippen molar-refractivity contribution in [1.29, 1.82) is 0 Å². The number of hydrogen-bond donors (Lipinski definition) is 0. The minimum Gasteiger partial charge on any atom is -0.0622 e. The zero-order valence-corrected chi connectivity index (χ0v) is 12.7. The zero-order valence-electron chi connectivity index (χ0n) is 11.6. The first-order valence-electron chi connectivity index (χ1n) is 5.61. The van der Waals surface area contributed by atoms with Crippen LogP contribution in [0, 0.1) is 39.2 Å². The van der Waals surface area contributed by atoms with Gasteiger partial charge in [-0.3, -0.25) is 0 Å². The van der Waals surface area contributed by atoms with Crippen LogP contribution in [-0.4, -0.2) is 0 Å². The molecule has 0 aromatic heterocycles. The molecule has 2 aromatic carbocycles. The molecule has 3 nitrogen and oxygen atoms in total. The van der Waals surface area contributed by atoms with Gasteiger partial charge < -0.3 is 0 Å². The topological polar surface area (TPSA) is 59.7 Å². The molecule has 0 unspecified atom stereocenters. The van der Waals surface area contributed by atoms with Crippen molar-refractivity contribution in [2.45, 2.75) is 0 Å². The Bertz CT molecular complexity index is 504. The fourth-order valence-electron chi connectivity index (χ4n) is 1.49. The molecule has 2 rings (SSSR count). The number of hydrogen-bond acceptors (Lipinski definition) is 0. The molecule has 0 heterocycles. The molecule has 4 heteroatoms. The standard InChI is InChI=1S/C15H13.3CO.Co/c1-13(15-10-6-3-7-11-15)12-14-8-4-2-5-9-14;3*1-2;/h2-12H,1H2;;;;. The molecular formula is C18H13CoO3. The SMILES string of the molecule is [C-]#[O+].[C-]#[O+].[C-]#[O+].[CH2][C]([CH]c1ccccc1)c1ccccc1.[Co]. The third-order valence-corrected chi connectivity index (χ3v) is 2.29. The molecule has 0 N–H and O–H groups in total. The molecular weight excluding hydrogens is 323 g/mol. The third kappa shape index (κ3) is 10.9. The van der Waals surface area contributed by atoms with E-state index in [1.807, 2.05) is 36.4 Å². The molecule has 0 aliphatic rings. The Kier molecular flexibility index (Phi) is 21.9. The van der Waals surface area contributed by atoms with Crippen molar-refractivity contribution in [2.24, 2.45) is 0 Å². The van der Waals surface area contributed by atoms with Crippen LogP contribution in [0.4, 0.5) is 0 Å². The minimum absolute atomic E-state index is 0. The second kappa shape index (κ2) is 19.2. The van der Waals surface area contributed by atoms with E-state index in [0.717, 1.165) is 5.92 Å². The summed E-state index contributed by atoms with van der Waals surface area (Å²) in [7, 11) is 0. The summed E-state index contributed by atoms with van der Waals surface area (Å²) in [5.74, 6) is 1.04. The smallest absolute Gasteiger partial charge is 0.0131 e. The molecule has 0 atom stereocenters. The van der Waals surface area contributed by atoms with Gasteiger partial charge in [-0.25, -0.2) is 0 Å². The summed E-state index contributed by atoms with van der Waals surface area (Å²) in [4.78, 5) is 0. The number of rotatable bonds is 3. The predicted octanol–water partition coefficient (Wildman–Crippen LogP) is 3.58. The Morgan fingerprint density at radius 3 is 1.50 bits per heavy atom. The quantitative estimate of drug-likeness (QED) is 0.608. The molecule has 0 amide bonds. The van der Waals surface area contributed by atoms with Gasteiger partial charge in [0.15, 0.2) is 0 Å². The maximum absolute atomic E-state index is 7.50. The van der Waals surface area contributed by atoms with Crippen LogP contribution in [0.5, 0.6) is 0 Å². The first-order valence-corrected chi connectivity index (χ1v) is 5.61. The molecule has 0 saturated heterocycles. The normalized spacial score (nSPS) is 7.45. The summed E-state index contributed by atoms with van der Waals surface area (Å²) in [5, 5.41) is 0. The van der Waals surface area contributed by atoms with Gasteiger partial charge in [0.05, 0.1) is 0 Å². The number of benzene rings is 2. The van der Waals surface area contributed by atoms with E-state index < -0.39 is 0 Å². The average molecular weight is 336 g/mol. The molecule has 22 heavy (non-hydrogen) atoms. The van der Waals surface area contributed by atoms with Gasteiger partial charge in [0.1, 0.15) is 0 Å². The van der Waals surface area contributed by atoms with Gasteiger partial charge in [-0.1, -0.05) is 60.7 Å². The largest absolute Gasteiger partial charge is 0.0622 e. The molecule has 0 saturated carbocycles. The van der Waals surface area contributed by atoms with E-state index in [4.69, 9.17) is 14.0 Å². The van der Waals surface area contributed by atoms with Crippen LogP contribution in [0.3, 0.4) is 0 Å². The van der Waals surface area contributed by atoms with E-state index in [2.05, 4.69) is 57.6 Å². The first kappa shape index (κ1) is 25.1. The molecule has 4 radical (unpaired) electrons. The summed E-state index contributed by atoms with van der Waals surface area (Å²) in [6.07, 6.45) is 2.09. The van der Waals surface area contributed by atoms with Crippen LogP contribution >= 0.6 is 0 Å². The Balaban J connectivity index is -0.000000463. The monoisotopic (exact) mass is 336 g/mol. The van der Waals surface area contributed by atoms with Gasteiger partial charge in [-0.2, -0.15) is 0 Å². The maximum atomic E-state index is 7.50. The van der Waals surface area contributed by atoms with Crippen LogP contribution in [0.25, 0.3) is 0 Å². The molecule has 2 aromatic rings. The van der Waals surface area contributed by atoms with Crippen LogP contribution in [0.15, 0.2) is 60.7 Å². The fraction of sp³-hybridized carbons (Fsp3) is 0. The van der Waals surface area contributed by atoms with E-state index in [1.54, 1.807) is 0 Å². The Labute approximate surface area is 142 Å².